The lowest BCUT2D eigenvalue weighted by molar-refractivity contribution is 0.358. The number of para-hydroxylation sites is 1. The molecule has 0 heterocycles. The highest BCUT2D eigenvalue weighted by molar-refractivity contribution is 14.0. The van der Waals surface area contributed by atoms with Gasteiger partial charge in [0, 0.05) is 25.7 Å². The number of ether oxygens (including phenoxy) is 1. The van der Waals surface area contributed by atoms with E-state index in [2.05, 4.69) is 22.2 Å². The van der Waals surface area contributed by atoms with E-state index in [4.69, 9.17) is 4.74 Å². The second-order valence-corrected chi connectivity index (χ2v) is 5.12. The van der Waals surface area contributed by atoms with Crippen molar-refractivity contribution >= 4 is 29.9 Å². The van der Waals surface area contributed by atoms with Crippen LogP contribution < -0.4 is 15.4 Å². The molecule has 2 N–H and O–H groups in total. The fourth-order valence-electron chi connectivity index (χ4n) is 2.17. The molecular formula is C19H23FIN3O. The number of benzene rings is 2. The van der Waals surface area contributed by atoms with Crippen molar-refractivity contribution < 1.29 is 9.13 Å². The van der Waals surface area contributed by atoms with Gasteiger partial charge in [-0.25, -0.2) is 4.39 Å². The van der Waals surface area contributed by atoms with Gasteiger partial charge in [-0.1, -0.05) is 43.0 Å². The molecule has 0 radical (unpaired) electrons. The molecule has 134 valence electrons. The summed E-state index contributed by atoms with van der Waals surface area (Å²) in [6.07, 6.45) is 1.71. The van der Waals surface area contributed by atoms with E-state index in [0.717, 1.165) is 16.9 Å². The highest BCUT2D eigenvalue weighted by atomic mass is 127. The summed E-state index contributed by atoms with van der Waals surface area (Å²) >= 11 is 0. The largest absolute Gasteiger partial charge is 0.489 e. The Kier molecular flexibility index (Phi) is 9.61. The zero-order valence-electron chi connectivity index (χ0n) is 14.2. The molecule has 0 saturated carbocycles. The number of halogens is 2. The average molecular weight is 455 g/mol. The van der Waals surface area contributed by atoms with Crippen molar-refractivity contribution in [2.75, 3.05) is 13.7 Å². The molecule has 2 aromatic rings. The van der Waals surface area contributed by atoms with Gasteiger partial charge >= 0.3 is 0 Å². The lowest BCUT2D eigenvalue weighted by Crippen LogP contribution is -2.36. The summed E-state index contributed by atoms with van der Waals surface area (Å²) in [6, 6.07) is 14.3. The minimum absolute atomic E-state index is 0. The second-order valence-electron chi connectivity index (χ2n) is 5.12. The van der Waals surface area contributed by atoms with E-state index in [1.54, 1.807) is 19.2 Å². The van der Waals surface area contributed by atoms with Gasteiger partial charge in [0.2, 0.25) is 0 Å². The molecule has 0 aromatic heterocycles. The molecule has 0 atom stereocenters. The molecule has 0 saturated heterocycles. The maximum absolute atomic E-state index is 13.2. The first-order valence-electron chi connectivity index (χ1n) is 7.73. The number of rotatable bonds is 7. The lowest BCUT2D eigenvalue weighted by atomic mass is 10.2. The highest BCUT2D eigenvalue weighted by Gasteiger charge is 2.04. The molecule has 4 nitrogen and oxygen atoms in total. The van der Waals surface area contributed by atoms with Gasteiger partial charge in [-0.3, -0.25) is 4.99 Å². The average Bonchev–Trinajstić information content (AvgIpc) is 2.61. The predicted molar refractivity (Wildman–Crippen MR) is 111 cm³/mol. The topological polar surface area (TPSA) is 45.6 Å². The van der Waals surface area contributed by atoms with Crippen LogP contribution in [0.3, 0.4) is 0 Å². The fraction of sp³-hybridized carbons (Fsp3) is 0.211. The van der Waals surface area contributed by atoms with Crippen LogP contribution in [-0.2, 0) is 13.1 Å². The molecule has 0 aliphatic carbocycles. The van der Waals surface area contributed by atoms with Gasteiger partial charge in [0.25, 0.3) is 0 Å². The van der Waals surface area contributed by atoms with Crippen molar-refractivity contribution in [3.05, 3.63) is 78.1 Å². The van der Waals surface area contributed by atoms with E-state index in [1.165, 1.54) is 12.1 Å². The van der Waals surface area contributed by atoms with Gasteiger partial charge in [0.1, 0.15) is 18.2 Å². The van der Waals surface area contributed by atoms with Gasteiger partial charge in [0.05, 0.1) is 0 Å². The van der Waals surface area contributed by atoms with Crippen LogP contribution in [0.5, 0.6) is 5.75 Å². The van der Waals surface area contributed by atoms with Crippen LogP contribution in [0.15, 0.2) is 66.2 Å². The van der Waals surface area contributed by atoms with Crippen molar-refractivity contribution in [1.82, 2.24) is 10.6 Å². The number of hydrogen-bond donors (Lipinski definition) is 2. The van der Waals surface area contributed by atoms with E-state index in [1.807, 2.05) is 30.3 Å². The van der Waals surface area contributed by atoms with E-state index < -0.39 is 0 Å². The summed E-state index contributed by atoms with van der Waals surface area (Å²) in [6.45, 7) is 5.18. The molecule has 0 spiro atoms. The van der Waals surface area contributed by atoms with E-state index >= 15 is 0 Å². The van der Waals surface area contributed by atoms with Crippen LogP contribution in [-0.4, -0.2) is 19.6 Å². The van der Waals surface area contributed by atoms with Crippen LogP contribution in [0, 0.1) is 5.82 Å². The number of nitrogens with one attached hydrogen (secondary N) is 2. The van der Waals surface area contributed by atoms with Crippen molar-refractivity contribution in [3.8, 4) is 5.75 Å². The van der Waals surface area contributed by atoms with Crippen LogP contribution in [0.25, 0.3) is 0 Å². The monoisotopic (exact) mass is 455 g/mol. The minimum atomic E-state index is -0.245. The van der Waals surface area contributed by atoms with Gasteiger partial charge in [-0.2, -0.15) is 0 Å². The van der Waals surface area contributed by atoms with Crippen molar-refractivity contribution in [1.29, 1.82) is 0 Å². The highest BCUT2D eigenvalue weighted by Crippen LogP contribution is 2.17. The van der Waals surface area contributed by atoms with Crippen LogP contribution in [0.4, 0.5) is 4.39 Å². The maximum atomic E-state index is 13.2. The van der Waals surface area contributed by atoms with E-state index in [-0.39, 0.29) is 29.8 Å². The first kappa shape index (κ1) is 21.0. The Bertz CT molecular complexity index is 707. The first-order valence-corrected chi connectivity index (χ1v) is 7.73. The Labute approximate surface area is 165 Å². The molecule has 25 heavy (non-hydrogen) atoms. The molecule has 0 aliphatic rings. The van der Waals surface area contributed by atoms with E-state index in [0.29, 0.717) is 25.7 Å². The lowest BCUT2D eigenvalue weighted by Gasteiger charge is -2.14. The Balaban J connectivity index is 0.00000312. The summed E-state index contributed by atoms with van der Waals surface area (Å²) in [4.78, 5) is 4.18. The molecule has 2 rings (SSSR count). The van der Waals surface area contributed by atoms with Gasteiger partial charge < -0.3 is 15.4 Å². The third-order valence-corrected chi connectivity index (χ3v) is 3.35. The smallest absolute Gasteiger partial charge is 0.191 e. The zero-order chi connectivity index (χ0) is 17.2. The maximum Gasteiger partial charge on any atom is 0.191 e. The molecule has 0 unspecified atom stereocenters. The molecular weight excluding hydrogens is 432 g/mol. The Hall–Kier alpha value is -2.09. The third-order valence-electron chi connectivity index (χ3n) is 3.35. The number of aliphatic imine (C=N–C) groups is 1. The summed E-state index contributed by atoms with van der Waals surface area (Å²) in [5, 5.41) is 6.39. The summed E-state index contributed by atoms with van der Waals surface area (Å²) in [5.41, 5.74) is 1.88. The Morgan fingerprint density at radius 1 is 1.16 bits per heavy atom. The molecule has 0 bridgehead atoms. The van der Waals surface area contributed by atoms with Crippen LogP contribution >= 0.6 is 24.0 Å². The second kappa shape index (κ2) is 11.5. The molecule has 0 fully saturated rings. The minimum Gasteiger partial charge on any atom is -0.489 e. The third kappa shape index (κ3) is 7.13. The van der Waals surface area contributed by atoms with Gasteiger partial charge in [-0.15, -0.1) is 24.0 Å². The normalized spacial score (nSPS) is 10.6. The van der Waals surface area contributed by atoms with Crippen molar-refractivity contribution in [2.45, 2.75) is 13.1 Å². The summed E-state index contributed by atoms with van der Waals surface area (Å²) < 4.78 is 18.8. The quantitative estimate of drug-likeness (QED) is 0.289. The van der Waals surface area contributed by atoms with Crippen LogP contribution in [0.2, 0.25) is 0 Å². The Morgan fingerprint density at radius 2 is 1.92 bits per heavy atom. The molecule has 2 aromatic carbocycles. The number of hydrogen-bond acceptors (Lipinski definition) is 2. The van der Waals surface area contributed by atoms with Crippen molar-refractivity contribution in [2.24, 2.45) is 4.99 Å². The summed E-state index contributed by atoms with van der Waals surface area (Å²) in [7, 11) is 1.70. The molecule has 0 aliphatic heterocycles. The van der Waals surface area contributed by atoms with Crippen molar-refractivity contribution in [3.63, 3.8) is 0 Å². The predicted octanol–water partition coefficient (Wildman–Crippen LogP) is 3.87. The van der Waals surface area contributed by atoms with Crippen LogP contribution in [0.1, 0.15) is 11.1 Å². The number of nitrogens with zero attached hydrogens (tertiary/aromatic N) is 1. The Morgan fingerprint density at radius 3 is 2.64 bits per heavy atom. The fourth-order valence-corrected chi connectivity index (χ4v) is 2.17. The zero-order valence-corrected chi connectivity index (χ0v) is 16.5. The van der Waals surface area contributed by atoms with Gasteiger partial charge in [-0.05, 0) is 23.8 Å². The van der Waals surface area contributed by atoms with E-state index in [9.17, 15) is 4.39 Å². The SMILES string of the molecule is C=CCOc1ccccc1CNC(=NC)NCc1cccc(F)c1.I. The summed E-state index contributed by atoms with van der Waals surface area (Å²) in [5.74, 6) is 1.20. The standard InChI is InChI=1S/C19H22FN3O.HI/c1-3-11-24-18-10-5-4-8-16(18)14-23-19(21-2)22-13-15-7-6-9-17(20)12-15;/h3-10,12H,1,11,13-14H2,2H3,(H2,21,22,23);1H. The molecule has 0 amide bonds. The molecule has 6 heteroatoms. The van der Waals surface area contributed by atoms with Gasteiger partial charge in [0.15, 0.2) is 5.96 Å². The number of guanidine groups is 1. The first-order chi connectivity index (χ1) is 11.7.